The zero-order chi connectivity index (χ0) is 12.3. The van der Waals surface area contributed by atoms with Crippen molar-refractivity contribution in [3.05, 3.63) is 29.8 Å². The molecule has 1 aliphatic rings. The molecule has 1 unspecified atom stereocenters. The van der Waals surface area contributed by atoms with Gasteiger partial charge in [0.15, 0.2) is 0 Å². The summed E-state index contributed by atoms with van der Waals surface area (Å²) in [5.41, 5.74) is 1.02. The van der Waals surface area contributed by atoms with Gasteiger partial charge in [0.05, 0.1) is 23.9 Å². The molecular formula is C11H15NO2. The zero-order valence-corrected chi connectivity index (χ0v) is 7.82. The van der Waals surface area contributed by atoms with Crippen LogP contribution in [0.1, 0.15) is 15.8 Å². The lowest BCUT2D eigenvalue weighted by molar-refractivity contribution is 0.0277. The second-order valence-electron chi connectivity index (χ2n) is 3.23. The number of morpholine rings is 1. The van der Waals surface area contributed by atoms with E-state index < -0.39 is 7.04 Å². The fourth-order valence-corrected chi connectivity index (χ4v) is 1.53. The smallest absolute Gasteiger partial charge is 0.118 e. The summed E-state index contributed by atoms with van der Waals surface area (Å²) in [7, 11) is -2.40. The third kappa shape index (κ3) is 2.05. The van der Waals surface area contributed by atoms with Crippen molar-refractivity contribution >= 4 is 0 Å². The van der Waals surface area contributed by atoms with Crippen molar-refractivity contribution in [1.82, 2.24) is 5.32 Å². The summed E-state index contributed by atoms with van der Waals surface area (Å²) in [4.78, 5) is 0. The van der Waals surface area contributed by atoms with E-state index >= 15 is 0 Å². The first kappa shape index (κ1) is 6.43. The maximum atomic E-state index is 7.00. The van der Waals surface area contributed by atoms with Crippen LogP contribution in [0.4, 0.5) is 0 Å². The van der Waals surface area contributed by atoms with Crippen molar-refractivity contribution < 1.29 is 13.6 Å². The van der Waals surface area contributed by atoms with E-state index in [4.69, 9.17) is 13.6 Å². The van der Waals surface area contributed by atoms with Crippen LogP contribution in [0.25, 0.3) is 0 Å². The molecule has 0 saturated carbocycles. The van der Waals surface area contributed by atoms with Crippen molar-refractivity contribution in [2.24, 2.45) is 0 Å². The first-order chi connectivity index (χ1) is 8.04. The lowest BCUT2D eigenvalue weighted by Gasteiger charge is -2.23. The lowest BCUT2D eigenvalue weighted by Crippen LogP contribution is -2.33. The number of ether oxygens (including phenoxy) is 2. The van der Waals surface area contributed by atoms with E-state index in [1.54, 1.807) is 12.1 Å². The quantitative estimate of drug-likeness (QED) is 0.774. The zero-order valence-electron chi connectivity index (χ0n) is 10.8. The van der Waals surface area contributed by atoms with Crippen LogP contribution >= 0.6 is 0 Å². The number of benzene rings is 1. The fraction of sp³-hybridized carbons (Fsp3) is 0.455. The molecule has 1 N–H and O–H groups in total. The first-order valence-electron chi connectivity index (χ1n) is 6.16. The molecule has 1 atom stereocenters. The molecule has 0 bridgehead atoms. The van der Waals surface area contributed by atoms with Gasteiger partial charge in [0.1, 0.15) is 5.75 Å². The molecule has 0 aliphatic carbocycles. The highest BCUT2D eigenvalue weighted by atomic mass is 16.5. The molecule has 0 spiro atoms. The number of hydrogen-bond acceptors (Lipinski definition) is 3. The average Bonchev–Trinajstić information content (AvgIpc) is 2.29. The molecule has 0 radical (unpaired) electrons. The van der Waals surface area contributed by atoms with Crippen LogP contribution in [0.2, 0.25) is 0 Å². The van der Waals surface area contributed by atoms with E-state index in [1.165, 1.54) is 0 Å². The van der Waals surface area contributed by atoms with Gasteiger partial charge in [-0.05, 0) is 17.7 Å². The van der Waals surface area contributed by atoms with Crippen molar-refractivity contribution in [3.8, 4) is 5.75 Å². The van der Waals surface area contributed by atoms with E-state index in [2.05, 4.69) is 5.32 Å². The molecule has 14 heavy (non-hydrogen) atoms. The maximum Gasteiger partial charge on any atom is 0.118 e. The molecule has 3 nitrogen and oxygen atoms in total. The Kier molecular flexibility index (Phi) is 2.04. The minimum Gasteiger partial charge on any atom is -0.497 e. The Morgan fingerprint density at radius 2 is 2.36 bits per heavy atom. The van der Waals surface area contributed by atoms with Gasteiger partial charge in [-0.25, -0.2) is 0 Å². The minimum atomic E-state index is -2.40. The number of rotatable bonds is 2. The molecule has 1 aliphatic heterocycles. The van der Waals surface area contributed by atoms with Crippen LogP contribution in [-0.2, 0) is 4.74 Å². The number of nitrogens with one attached hydrogen (secondary N) is 1. The summed E-state index contributed by atoms with van der Waals surface area (Å²) in [5.74, 6) is 0.345. The van der Waals surface area contributed by atoms with Gasteiger partial charge in [-0.15, -0.1) is 0 Å². The minimum absolute atomic E-state index is 0.0329. The average molecular weight is 196 g/mol. The molecule has 0 amide bonds. The Morgan fingerprint density at radius 1 is 1.50 bits per heavy atom. The third-order valence-corrected chi connectivity index (χ3v) is 2.30. The van der Waals surface area contributed by atoms with Gasteiger partial charge in [-0.1, -0.05) is 12.1 Å². The van der Waals surface area contributed by atoms with E-state index in [9.17, 15) is 0 Å². The highest BCUT2D eigenvalue weighted by Gasteiger charge is 2.14. The van der Waals surface area contributed by atoms with E-state index in [0.29, 0.717) is 12.4 Å². The van der Waals surface area contributed by atoms with Gasteiger partial charge < -0.3 is 14.8 Å². The second kappa shape index (κ2) is 4.44. The monoisotopic (exact) mass is 196 g/mol. The SMILES string of the molecule is [2H]C([2H])([2H])Oc1ccc(C2CNCCO2)cc1. The Morgan fingerprint density at radius 3 is 3.00 bits per heavy atom. The van der Waals surface area contributed by atoms with Crippen LogP contribution in [0, 0.1) is 0 Å². The molecule has 1 fully saturated rings. The van der Waals surface area contributed by atoms with E-state index in [0.717, 1.165) is 18.7 Å². The second-order valence-corrected chi connectivity index (χ2v) is 3.23. The summed E-state index contributed by atoms with van der Waals surface area (Å²) in [6, 6.07) is 6.97. The summed E-state index contributed by atoms with van der Waals surface area (Å²) < 4.78 is 31.4. The largest absolute Gasteiger partial charge is 0.497 e. The summed E-state index contributed by atoms with van der Waals surface area (Å²) in [5, 5.41) is 3.24. The van der Waals surface area contributed by atoms with Crippen LogP contribution in [0.3, 0.4) is 0 Å². The molecule has 0 aromatic heterocycles. The van der Waals surface area contributed by atoms with Crippen LogP contribution in [0.15, 0.2) is 24.3 Å². The normalized spacial score (nSPS) is 26.0. The van der Waals surface area contributed by atoms with Gasteiger partial charge in [0, 0.05) is 13.1 Å². The summed E-state index contributed by atoms with van der Waals surface area (Å²) in [6.07, 6.45) is 0.0329. The first-order valence-corrected chi connectivity index (χ1v) is 4.66. The molecule has 76 valence electrons. The molecule has 1 heterocycles. The molecule has 1 saturated heterocycles. The van der Waals surface area contributed by atoms with Crippen molar-refractivity contribution in [1.29, 1.82) is 0 Å². The Hall–Kier alpha value is -1.06. The van der Waals surface area contributed by atoms with Gasteiger partial charge in [-0.2, -0.15) is 0 Å². The van der Waals surface area contributed by atoms with Crippen molar-refractivity contribution in [2.45, 2.75) is 6.10 Å². The number of methoxy groups -OCH3 is 1. The molecule has 1 aromatic carbocycles. The Balaban J connectivity index is 2.02. The summed E-state index contributed by atoms with van der Waals surface area (Å²) in [6.45, 7) is 2.34. The van der Waals surface area contributed by atoms with Crippen molar-refractivity contribution in [2.75, 3.05) is 26.7 Å². The lowest BCUT2D eigenvalue weighted by atomic mass is 10.1. The van der Waals surface area contributed by atoms with Crippen LogP contribution in [0.5, 0.6) is 5.75 Å². The Labute approximate surface area is 88.2 Å². The fourth-order valence-electron chi connectivity index (χ4n) is 1.53. The molecule has 3 heteroatoms. The van der Waals surface area contributed by atoms with Gasteiger partial charge in [0.2, 0.25) is 0 Å². The molecule has 2 rings (SSSR count). The molecule has 1 aromatic rings. The standard InChI is InChI=1S/C11H15NO2/c1-13-10-4-2-9(3-5-10)11-8-12-6-7-14-11/h2-5,11-12H,6-8H2,1H3/i1D3. The van der Waals surface area contributed by atoms with E-state index in [-0.39, 0.29) is 6.10 Å². The van der Waals surface area contributed by atoms with Crippen LogP contribution in [-0.4, -0.2) is 26.7 Å². The summed E-state index contributed by atoms with van der Waals surface area (Å²) >= 11 is 0. The van der Waals surface area contributed by atoms with Gasteiger partial charge in [0.25, 0.3) is 0 Å². The molecular weight excluding hydrogens is 178 g/mol. The topological polar surface area (TPSA) is 30.5 Å². The van der Waals surface area contributed by atoms with Crippen LogP contribution < -0.4 is 10.1 Å². The number of hydrogen-bond donors (Lipinski definition) is 1. The van der Waals surface area contributed by atoms with E-state index in [1.807, 2.05) is 12.1 Å². The van der Waals surface area contributed by atoms with Gasteiger partial charge >= 0.3 is 0 Å². The third-order valence-electron chi connectivity index (χ3n) is 2.30. The predicted molar refractivity (Wildman–Crippen MR) is 54.6 cm³/mol. The Bertz CT molecular complexity index is 358. The van der Waals surface area contributed by atoms with Gasteiger partial charge in [-0.3, -0.25) is 0 Å². The van der Waals surface area contributed by atoms with Crippen molar-refractivity contribution in [3.63, 3.8) is 0 Å². The highest BCUT2D eigenvalue weighted by Crippen LogP contribution is 2.21. The predicted octanol–water partition coefficient (Wildman–Crippen LogP) is 1.36. The maximum absolute atomic E-state index is 7.00. The highest BCUT2D eigenvalue weighted by molar-refractivity contribution is 5.28.